The third-order valence-electron chi connectivity index (χ3n) is 3.62. The van der Waals surface area contributed by atoms with E-state index in [1.165, 1.54) is 24.4 Å². The van der Waals surface area contributed by atoms with Gasteiger partial charge in [-0.2, -0.15) is 0 Å². The average molecular weight is 293 g/mol. The molecule has 7 nitrogen and oxygen atoms in total. The third-order valence-corrected chi connectivity index (χ3v) is 3.62. The van der Waals surface area contributed by atoms with E-state index in [2.05, 4.69) is 9.97 Å². The standard InChI is InChI=1S/C15H7N3O4/c19-12-7-5-9-10(6-8(7)13(20)17-12)15(22)18(14(9)21)11-3-1-2-4-16-11/h1-6H,(H,17,19,20). The lowest BCUT2D eigenvalue weighted by Gasteiger charge is -1.96. The Balaban J connectivity index is 2.23. The highest BCUT2D eigenvalue weighted by Gasteiger charge is 2.18. The summed E-state index contributed by atoms with van der Waals surface area (Å²) in [7, 11) is 0. The highest BCUT2D eigenvalue weighted by Crippen LogP contribution is 2.14. The molecule has 0 unspecified atom stereocenters. The Hall–Kier alpha value is -3.35. The number of hydrogen-bond donors (Lipinski definition) is 1. The number of nitrogens with one attached hydrogen (secondary N) is 1. The lowest BCUT2D eigenvalue weighted by molar-refractivity contribution is 0.940. The third kappa shape index (κ3) is 1.47. The van der Waals surface area contributed by atoms with Gasteiger partial charge in [0.15, 0.2) is 0 Å². The number of fused-ring (bicyclic) bond motifs is 2. The molecule has 0 bridgehead atoms. The second kappa shape index (κ2) is 4.08. The summed E-state index contributed by atoms with van der Waals surface area (Å²) in [5, 5.41) is 0.402. The maximum atomic E-state index is 12.4. The summed E-state index contributed by atoms with van der Waals surface area (Å²) in [6, 6.07) is 7.43. The minimum Gasteiger partial charge on any atom is -0.288 e. The molecule has 106 valence electrons. The molecular formula is C15H7N3O4. The summed E-state index contributed by atoms with van der Waals surface area (Å²) in [5.41, 5.74) is -2.26. The van der Waals surface area contributed by atoms with E-state index in [0.29, 0.717) is 0 Å². The molecule has 0 saturated heterocycles. The average Bonchev–Trinajstić information content (AvgIpc) is 2.94. The Morgan fingerprint density at radius 3 is 1.91 bits per heavy atom. The first-order valence-corrected chi connectivity index (χ1v) is 6.41. The molecule has 0 aliphatic carbocycles. The first kappa shape index (κ1) is 12.4. The van der Waals surface area contributed by atoms with Gasteiger partial charge in [0.25, 0.3) is 22.2 Å². The Morgan fingerprint density at radius 2 is 1.41 bits per heavy atom. The van der Waals surface area contributed by atoms with Crippen LogP contribution in [0, 0.1) is 0 Å². The number of aromatic amines is 1. The van der Waals surface area contributed by atoms with E-state index in [1.807, 2.05) is 0 Å². The van der Waals surface area contributed by atoms with Crippen molar-refractivity contribution in [2.45, 2.75) is 0 Å². The SMILES string of the molecule is O=c1[nH]c(=O)c2cc3c(=O)n(-c4ccccn4)c(=O)c3cc12. The molecule has 22 heavy (non-hydrogen) atoms. The fourth-order valence-corrected chi connectivity index (χ4v) is 2.59. The van der Waals surface area contributed by atoms with Gasteiger partial charge < -0.3 is 0 Å². The van der Waals surface area contributed by atoms with Crippen LogP contribution in [0.25, 0.3) is 27.4 Å². The molecule has 7 heteroatoms. The maximum absolute atomic E-state index is 12.4. The summed E-state index contributed by atoms with van der Waals surface area (Å²) in [6.45, 7) is 0. The zero-order valence-corrected chi connectivity index (χ0v) is 11.0. The van der Waals surface area contributed by atoms with Gasteiger partial charge >= 0.3 is 0 Å². The first-order chi connectivity index (χ1) is 10.6. The molecule has 0 fully saturated rings. The minimum absolute atomic E-state index is 0.0965. The number of hydrogen-bond acceptors (Lipinski definition) is 5. The quantitative estimate of drug-likeness (QED) is 0.524. The second-order valence-electron chi connectivity index (χ2n) is 4.86. The van der Waals surface area contributed by atoms with Crippen molar-refractivity contribution in [3.05, 3.63) is 77.9 Å². The van der Waals surface area contributed by atoms with Gasteiger partial charge in [-0.25, -0.2) is 9.55 Å². The summed E-state index contributed by atoms with van der Waals surface area (Å²) in [5.74, 6) is 0.199. The van der Waals surface area contributed by atoms with Crippen molar-refractivity contribution >= 4 is 21.5 Å². The van der Waals surface area contributed by atoms with Crippen LogP contribution in [0.15, 0.2) is 55.7 Å². The molecule has 0 aliphatic heterocycles. The van der Waals surface area contributed by atoms with E-state index < -0.39 is 22.2 Å². The van der Waals surface area contributed by atoms with Gasteiger partial charge in [-0.1, -0.05) is 6.07 Å². The summed E-state index contributed by atoms with van der Waals surface area (Å²) in [6.07, 6.45) is 1.47. The largest absolute Gasteiger partial charge is 0.288 e. The van der Waals surface area contributed by atoms with Crippen molar-refractivity contribution < 1.29 is 0 Å². The molecular weight excluding hydrogens is 286 g/mol. The predicted molar refractivity (Wildman–Crippen MR) is 80.4 cm³/mol. The Kier molecular flexibility index (Phi) is 2.30. The zero-order valence-electron chi connectivity index (χ0n) is 11.0. The summed E-state index contributed by atoms with van der Waals surface area (Å²) in [4.78, 5) is 54.3. The molecule has 0 spiro atoms. The van der Waals surface area contributed by atoms with Crippen molar-refractivity contribution in [2.75, 3.05) is 0 Å². The summed E-state index contributed by atoms with van der Waals surface area (Å²) < 4.78 is 0.933. The van der Waals surface area contributed by atoms with Gasteiger partial charge in [0, 0.05) is 6.20 Å². The number of nitrogens with zero attached hydrogens (tertiary/aromatic N) is 2. The topological polar surface area (TPSA) is 102 Å². The van der Waals surface area contributed by atoms with Crippen LogP contribution < -0.4 is 22.2 Å². The smallest absolute Gasteiger partial charge is 0.267 e. The van der Waals surface area contributed by atoms with Crippen molar-refractivity contribution in [1.82, 2.24) is 14.5 Å². The van der Waals surface area contributed by atoms with Gasteiger partial charge in [-0.15, -0.1) is 0 Å². The molecule has 3 heterocycles. The van der Waals surface area contributed by atoms with Gasteiger partial charge in [-0.05, 0) is 24.3 Å². The van der Waals surface area contributed by atoms with Crippen LogP contribution in [-0.4, -0.2) is 14.5 Å². The van der Waals surface area contributed by atoms with Crippen LogP contribution in [0.3, 0.4) is 0 Å². The molecule has 0 radical (unpaired) electrons. The molecule has 1 N–H and O–H groups in total. The van der Waals surface area contributed by atoms with Gasteiger partial charge in [-0.3, -0.25) is 24.2 Å². The normalized spacial score (nSPS) is 11.5. The number of aromatic nitrogens is 3. The zero-order chi connectivity index (χ0) is 15.4. The van der Waals surface area contributed by atoms with E-state index in [0.717, 1.165) is 4.57 Å². The van der Waals surface area contributed by atoms with Crippen molar-refractivity contribution in [1.29, 1.82) is 0 Å². The van der Waals surface area contributed by atoms with E-state index >= 15 is 0 Å². The highest BCUT2D eigenvalue weighted by atomic mass is 16.2. The fraction of sp³-hybridized carbons (Fsp3) is 0. The lowest BCUT2D eigenvalue weighted by Crippen LogP contribution is -2.24. The van der Waals surface area contributed by atoms with Crippen molar-refractivity contribution in [2.24, 2.45) is 0 Å². The molecule has 0 amide bonds. The monoisotopic (exact) mass is 293 g/mol. The Bertz CT molecular complexity index is 1170. The van der Waals surface area contributed by atoms with E-state index in [1.54, 1.807) is 12.1 Å². The highest BCUT2D eigenvalue weighted by molar-refractivity contribution is 5.97. The molecule has 4 rings (SSSR count). The number of benzene rings is 1. The first-order valence-electron chi connectivity index (χ1n) is 6.41. The van der Waals surface area contributed by atoms with Gasteiger partial charge in [0.05, 0.1) is 21.5 Å². The van der Waals surface area contributed by atoms with Gasteiger partial charge in [0.1, 0.15) is 5.82 Å². The molecule has 3 aromatic heterocycles. The van der Waals surface area contributed by atoms with E-state index in [-0.39, 0.29) is 27.4 Å². The minimum atomic E-state index is -0.570. The van der Waals surface area contributed by atoms with Crippen LogP contribution >= 0.6 is 0 Å². The van der Waals surface area contributed by atoms with E-state index in [9.17, 15) is 19.2 Å². The van der Waals surface area contributed by atoms with Crippen molar-refractivity contribution in [3.8, 4) is 5.82 Å². The second-order valence-corrected chi connectivity index (χ2v) is 4.86. The molecule has 0 saturated carbocycles. The van der Waals surface area contributed by atoms with Crippen LogP contribution in [0.4, 0.5) is 0 Å². The number of rotatable bonds is 1. The molecule has 0 aliphatic rings. The number of H-pyrrole nitrogens is 1. The van der Waals surface area contributed by atoms with Crippen LogP contribution in [0.1, 0.15) is 0 Å². The molecule has 4 aromatic rings. The Labute approximate surface area is 120 Å². The van der Waals surface area contributed by atoms with Crippen LogP contribution in [-0.2, 0) is 0 Å². The van der Waals surface area contributed by atoms with Gasteiger partial charge in [0.2, 0.25) is 0 Å². The summed E-state index contributed by atoms with van der Waals surface area (Å²) >= 11 is 0. The Morgan fingerprint density at radius 1 is 0.818 bits per heavy atom. The van der Waals surface area contributed by atoms with Crippen LogP contribution in [0.2, 0.25) is 0 Å². The van der Waals surface area contributed by atoms with Crippen LogP contribution in [0.5, 0.6) is 0 Å². The van der Waals surface area contributed by atoms with Crippen molar-refractivity contribution in [3.63, 3.8) is 0 Å². The maximum Gasteiger partial charge on any atom is 0.267 e. The molecule has 1 aromatic carbocycles. The fourth-order valence-electron chi connectivity index (χ4n) is 2.59. The number of pyridine rings is 1. The lowest BCUT2D eigenvalue weighted by atomic mass is 10.1. The van der Waals surface area contributed by atoms with E-state index in [4.69, 9.17) is 0 Å². The predicted octanol–water partition coefficient (Wildman–Crippen LogP) is -0.177. The molecule has 0 atom stereocenters.